The van der Waals surface area contributed by atoms with Crippen molar-refractivity contribution < 1.29 is 28.5 Å². The summed E-state index contributed by atoms with van der Waals surface area (Å²) in [5.41, 5.74) is 0. The van der Waals surface area contributed by atoms with Gasteiger partial charge in [-0.1, -0.05) is 146 Å². The Kier molecular flexibility index (Phi) is 35.7. The largest absolute Gasteiger partial charge is 0.464 e. The van der Waals surface area contributed by atoms with Crippen LogP contribution in [0.5, 0.6) is 0 Å². The van der Waals surface area contributed by atoms with Crippen LogP contribution in [-0.4, -0.2) is 68.7 Å². The summed E-state index contributed by atoms with van der Waals surface area (Å²) in [5.74, 6) is -1.04. The van der Waals surface area contributed by atoms with E-state index in [9.17, 15) is 9.59 Å². The first kappa shape index (κ1) is 50.8. The number of unbranched alkanes of at least 4 members (excludes halogenated alkanes) is 19. The number of hydrogen-bond donors (Lipinski definition) is 0. The van der Waals surface area contributed by atoms with E-state index in [-0.39, 0.29) is 0 Å². The molecule has 1 fully saturated rings. The quantitative estimate of drug-likeness (QED) is 0.0351. The van der Waals surface area contributed by atoms with Gasteiger partial charge in [0, 0.05) is 0 Å². The molecule has 1 aliphatic heterocycles. The molecule has 318 valence electrons. The zero-order valence-corrected chi connectivity index (χ0v) is 36.2. The second-order valence-electron chi connectivity index (χ2n) is 15.4. The summed E-state index contributed by atoms with van der Waals surface area (Å²) in [4.78, 5) is 28.5. The highest BCUT2D eigenvalue weighted by atomic mass is 16.8. The van der Waals surface area contributed by atoms with Gasteiger partial charge in [-0.3, -0.25) is 0 Å². The molecule has 55 heavy (non-hydrogen) atoms. The van der Waals surface area contributed by atoms with Crippen molar-refractivity contribution in [3.8, 4) is 0 Å². The molecule has 7 heteroatoms. The number of hydrogen-bond acceptors (Lipinski definition) is 7. The van der Waals surface area contributed by atoms with E-state index < -0.39 is 30.4 Å². The summed E-state index contributed by atoms with van der Waals surface area (Å²) >= 11 is 0. The topological polar surface area (TPSA) is 74.3 Å². The third-order valence-corrected chi connectivity index (χ3v) is 10.3. The molecule has 0 spiro atoms. The van der Waals surface area contributed by atoms with Gasteiger partial charge in [-0.15, -0.1) is 0 Å². The average Bonchev–Trinajstić information content (AvgIpc) is 3.63. The fraction of sp³-hybridized carbons (Fsp3) is 0.792. The first-order valence-corrected chi connectivity index (χ1v) is 23.0. The van der Waals surface area contributed by atoms with Crippen molar-refractivity contribution in [3.05, 3.63) is 48.6 Å². The molecule has 0 radical (unpaired) electrons. The van der Waals surface area contributed by atoms with E-state index in [4.69, 9.17) is 18.9 Å². The predicted molar refractivity (Wildman–Crippen MR) is 231 cm³/mol. The molecule has 2 unspecified atom stereocenters. The SMILES string of the molecule is CCCCC/C=C\C/C=C\CCCCCCCCOC(=O)C1OC(CCCCN(C)CC)OC1C(=O)OCCCCCCCC/C=C\C/C=C\CCCCC. The highest BCUT2D eigenvalue weighted by molar-refractivity contribution is 5.86. The smallest absolute Gasteiger partial charge is 0.338 e. The summed E-state index contributed by atoms with van der Waals surface area (Å²) in [7, 11) is 2.10. The molecule has 1 saturated heterocycles. The van der Waals surface area contributed by atoms with Gasteiger partial charge in [0.2, 0.25) is 0 Å². The van der Waals surface area contributed by atoms with E-state index in [1.165, 1.54) is 89.9 Å². The number of carbonyl (C=O) groups is 2. The minimum absolute atomic E-state index is 0.329. The zero-order chi connectivity index (χ0) is 39.9. The number of esters is 2. The number of allylic oxidation sites excluding steroid dienone is 8. The van der Waals surface area contributed by atoms with Crippen molar-refractivity contribution in [1.29, 1.82) is 0 Å². The van der Waals surface area contributed by atoms with Crippen molar-refractivity contribution >= 4 is 11.9 Å². The molecule has 0 N–H and O–H groups in total. The maximum absolute atomic E-state index is 13.1. The molecular formula is C48H85NO6. The van der Waals surface area contributed by atoms with E-state index in [2.05, 4.69) is 81.3 Å². The summed E-state index contributed by atoms with van der Waals surface area (Å²) < 4.78 is 23.2. The van der Waals surface area contributed by atoms with Gasteiger partial charge in [0.1, 0.15) is 0 Å². The van der Waals surface area contributed by atoms with Crippen LogP contribution in [0.15, 0.2) is 48.6 Å². The van der Waals surface area contributed by atoms with E-state index in [0.29, 0.717) is 19.6 Å². The lowest BCUT2D eigenvalue weighted by atomic mass is 10.1. The first-order valence-electron chi connectivity index (χ1n) is 23.0. The van der Waals surface area contributed by atoms with Crippen LogP contribution in [0.2, 0.25) is 0 Å². The molecule has 1 heterocycles. The van der Waals surface area contributed by atoms with E-state index in [1.807, 2.05) is 0 Å². The Morgan fingerprint density at radius 3 is 1.27 bits per heavy atom. The van der Waals surface area contributed by atoms with Gasteiger partial charge in [-0.05, 0) is 116 Å². The molecule has 1 aliphatic rings. The summed E-state index contributed by atoms with van der Waals surface area (Å²) in [6.07, 6.45) is 45.9. The number of nitrogens with zero attached hydrogens (tertiary/aromatic N) is 1. The fourth-order valence-electron chi connectivity index (χ4n) is 6.54. The van der Waals surface area contributed by atoms with E-state index in [0.717, 1.165) is 90.1 Å². The second-order valence-corrected chi connectivity index (χ2v) is 15.4. The van der Waals surface area contributed by atoms with Crippen molar-refractivity contribution in [2.45, 2.75) is 213 Å². The first-order chi connectivity index (χ1) is 27.0. The molecule has 0 amide bonds. The maximum Gasteiger partial charge on any atom is 0.338 e. The van der Waals surface area contributed by atoms with E-state index in [1.54, 1.807) is 0 Å². The molecular weight excluding hydrogens is 687 g/mol. The molecule has 0 aromatic carbocycles. The van der Waals surface area contributed by atoms with Crippen LogP contribution in [0.3, 0.4) is 0 Å². The molecule has 2 atom stereocenters. The number of carbonyl (C=O) groups excluding carboxylic acids is 2. The standard InChI is InChI=1S/C48H85NO6/c1-5-8-10-12-14-16-18-20-22-24-26-28-30-32-34-38-42-52-47(50)45-46(55-44(54-45)40-36-37-41-49(4)7-3)48(51)53-43-39-35-33-31-29-27-25-23-21-19-17-15-13-11-9-6-2/h14-17,20-23,44-46H,5-13,18-19,24-43H2,1-4H3/b16-14-,17-15-,22-20-,23-21-. The summed E-state index contributed by atoms with van der Waals surface area (Å²) in [5, 5.41) is 0. The van der Waals surface area contributed by atoms with Crippen LogP contribution in [0.25, 0.3) is 0 Å². The Morgan fingerprint density at radius 2 is 0.873 bits per heavy atom. The molecule has 1 rings (SSSR count). The fourth-order valence-corrected chi connectivity index (χ4v) is 6.54. The molecule has 7 nitrogen and oxygen atoms in total. The van der Waals surface area contributed by atoms with E-state index >= 15 is 0 Å². The minimum atomic E-state index is -1.07. The Morgan fingerprint density at radius 1 is 0.491 bits per heavy atom. The zero-order valence-electron chi connectivity index (χ0n) is 36.2. The predicted octanol–water partition coefficient (Wildman–Crippen LogP) is 12.9. The highest BCUT2D eigenvalue weighted by Gasteiger charge is 2.46. The third kappa shape index (κ3) is 30.6. The van der Waals surface area contributed by atoms with Crippen molar-refractivity contribution in [2.24, 2.45) is 0 Å². The van der Waals surface area contributed by atoms with Gasteiger partial charge in [-0.2, -0.15) is 0 Å². The Bertz CT molecular complexity index is 936. The Hall–Kier alpha value is -2.22. The van der Waals surface area contributed by atoms with Crippen molar-refractivity contribution in [1.82, 2.24) is 4.90 Å². The van der Waals surface area contributed by atoms with Crippen LogP contribution in [0.1, 0.15) is 194 Å². The summed E-state index contributed by atoms with van der Waals surface area (Å²) in [6, 6.07) is 0. The van der Waals surface area contributed by atoms with Crippen LogP contribution in [-0.2, 0) is 28.5 Å². The van der Waals surface area contributed by atoms with Crippen molar-refractivity contribution in [2.75, 3.05) is 33.4 Å². The molecule has 0 bridgehead atoms. The molecule has 0 aliphatic carbocycles. The maximum atomic E-state index is 13.1. The van der Waals surface area contributed by atoms with Crippen LogP contribution < -0.4 is 0 Å². The van der Waals surface area contributed by atoms with Crippen LogP contribution in [0.4, 0.5) is 0 Å². The summed E-state index contributed by atoms with van der Waals surface area (Å²) in [6.45, 7) is 9.28. The van der Waals surface area contributed by atoms with Gasteiger partial charge in [0.05, 0.1) is 13.2 Å². The minimum Gasteiger partial charge on any atom is -0.464 e. The van der Waals surface area contributed by atoms with Gasteiger partial charge < -0.3 is 23.8 Å². The molecule has 0 saturated carbocycles. The monoisotopic (exact) mass is 772 g/mol. The normalized spacial score (nSPS) is 17.6. The lowest BCUT2D eigenvalue weighted by molar-refractivity contribution is -0.163. The highest BCUT2D eigenvalue weighted by Crippen LogP contribution is 2.26. The molecule has 0 aromatic rings. The Balaban J connectivity index is 2.27. The number of ether oxygens (including phenoxy) is 4. The van der Waals surface area contributed by atoms with Crippen LogP contribution in [0, 0.1) is 0 Å². The second kappa shape index (κ2) is 38.6. The lowest BCUT2D eigenvalue weighted by Crippen LogP contribution is -2.39. The van der Waals surface area contributed by atoms with Gasteiger partial charge in [-0.25, -0.2) is 9.59 Å². The third-order valence-electron chi connectivity index (χ3n) is 10.3. The van der Waals surface area contributed by atoms with Gasteiger partial charge in [0.25, 0.3) is 0 Å². The molecule has 0 aromatic heterocycles. The van der Waals surface area contributed by atoms with Crippen molar-refractivity contribution in [3.63, 3.8) is 0 Å². The van der Waals surface area contributed by atoms with Crippen LogP contribution >= 0.6 is 0 Å². The van der Waals surface area contributed by atoms with Gasteiger partial charge in [0.15, 0.2) is 18.5 Å². The average molecular weight is 772 g/mol. The van der Waals surface area contributed by atoms with Gasteiger partial charge >= 0.3 is 11.9 Å². The lowest BCUT2D eigenvalue weighted by Gasteiger charge is -2.15. The number of rotatable bonds is 38. The Labute approximate surface area is 339 Å².